The highest BCUT2D eigenvalue weighted by Gasteiger charge is 2.23. The monoisotopic (exact) mass is 222 g/mol. The molecule has 0 atom stereocenters. The topological polar surface area (TPSA) is 55.1 Å². The van der Waals surface area contributed by atoms with Crippen LogP contribution in [-0.4, -0.2) is 16.9 Å². The van der Waals surface area contributed by atoms with Gasteiger partial charge >= 0.3 is 0 Å². The zero-order valence-corrected chi connectivity index (χ0v) is 9.82. The molecular formula is C12H18N2O2. The number of carbonyl (C=O) groups is 1. The summed E-state index contributed by atoms with van der Waals surface area (Å²) in [6, 6.07) is 0.317. The second-order valence-electron chi connectivity index (χ2n) is 4.68. The molecule has 2 rings (SSSR count). The van der Waals surface area contributed by atoms with E-state index in [0.29, 0.717) is 11.8 Å². The number of hydrogen-bond acceptors (Lipinski definition) is 3. The fraction of sp³-hybridized carbons (Fsp3) is 0.667. The third-order valence-corrected chi connectivity index (χ3v) is 3.04. The van der Waals surface area contributed by atoms with E-state index < -0.39 is 0 Å². The van der Waals surface area contributed by atoms with Gasteiger partial charge in [0.2, 0.25) is 5.76 Å². The number of nitrogens with one attached hydrogen (secondary N) is 1. The van der Waals surface area contributed by atoms with Crippen LogP contribution in [0.1, 0.15) is 61.7 Å². The Balaban J connectivity index is 2.05. The third-order valence-electron chi connectivity index (χ3n) is 3.04. The Labute approximate surface area is 95.4 Å². The van der Waals surface area contributed by atoms with E-state index >= 15 is 0 Å². The van der Waals surface area contributed by atoms with Crippen molar-refractivity contribution in [2.75, 3.05) is 0 Å². The maximum Gasteiger partial charge on any atom is 0.289 e. The van der Waals surface area contributed by atoms with Gasteiger partial charge in [0.25, 0.3) is 5.91 Å². The highest BCUT2D eigenvalue weighted by Crippen LogP contribution is 2.20. The number of carbonyl (C=O) groups excluding carboxylic acids is 1. The van der Waals surface area contributed by atoms with Gasteiger partial charge < -0.3 is 9.73 Å². The van der Waals surface area contributed by atoms with Crippen molar-refractivity contribution in [3.05, 3.63) is 17.8 Å². The summed E-state index contributed by atoms with van der Waals surface area (Å²) in [4.78, 5) is 16.0. The summed E-state index contributed by atoms with van der Waals surface area (Å²) in [5.41, 5.74) is 0.746. The lowest BCUT2D eigenvalue weighted by atomic mass is 10.1. The normalized spacial score (nSPS) is 16.9. The summed E-state index contributed by atoms with van der Waals surface area (Å²) in [5.74, 6) is 0.470. The second-order valence-corrected chi connectivity index (χ2v) is 4.68. The summed E-state index contributed by atoms with van der Waals surface area (Å²) >= 11 is 0. The van der Waals surface area contributed by atoms with E-state index in [0.717, 1.165) is 18.5 Å². The molecule has 1 aliphatic rings. The molecule has 0 bridgehead atoms. The molecular weight excluding hydrogens is 204 g/mol. The molecule has 1 saturated carbocycles. The summed E-state index contributed by atoms with van der Waals surface area (Å²) in [5, 5.41) is 3.00. The number of nitrogens with zero attached hydrogens (tertiary/aromatic N) is 1. The Bertz CT molecular complexity index is 365. The molecule has 16 heavy (non-hydrogen) atoms. The van der Waals surface area contributed by atoms with E-state index in [2.05, 4.69) is 10.3 Å². The Kier molecular flexibility index (Phi) is 3.27. The molecule has 1 fully saturated rings. The minimum Gasteiger partial charge on any atom is -0.438 e. The lowest BCUT2D eigenvalue weighted by Crippen LogP contribution is -2.33. The number of amides is 1. The first-order chi connectivity index (χ1) is 7.68. The van der Waals surface area contributed by atoms with Crippen molar-refractivity contribution in [3.8, 4) is 0 Å². The molecule has 1 amide bonds. The maximum absolute atomic E-state index is 11.9. The van der Waals surface area contributed by atoms with Crippen LogP contribution in [0.2, 0.25) is 0 Å². The quantitative estimate of drug-likeness (QED) is 0.854. The van der Waals surface area contributed by atoms with Gasteiger partial charge in [-0.3, -0.25) is 4.79 Å². The fourth-order valence-electron chi connectivity index (χ4n) is 2.16. The van der Waals surface area contributed by atoms with Crippen LogP contribution in [0.15, 0.2) is 10.8 Å². The lowest BCUT2D eigenvalue weighted by Gasteiger charge is -2.11. The molecule has 1 N–H and O–H groups in total. The Morgan fingerprint density at radius 2 is 2.19 bits per heavy atom. The molecule has 0 radical (unpaired) electrons. The molecule has 0 saturated heterocycles. The van der Waals surface area contributed by atoms with Gasteiger partial charge in [-0.25, -0.2) is 4.98 Å². The molecule has 4 heteroatoms. The van der Waals surface area contributed by atoms with Crippen LogP contribution in [0, 0.1) is 0 Å². The Morgan fingerprint density at radius 3 is 2.81 bits per heavy atom. The van der Waals surface area contributed by atoms with Crippen molar-refractivity contribution in [1.82, 2.24) is 10.3 Å². The van der Waals surface area contributed by atoms with Crippen molar-refractivity contribution in [1.29, 1.82) is 0 Å². The van der Waals surface area contributed by atoms with E-state index in [9.17, 15) is 4.79 Å². The fourth-order valence-corrected chi connectivity index (χ4v) is 2.16. The average Bonchev–Trinajstić information content (AvgIpc) is 2.86. The lowest BCUT2D eigenvalue weighted by molar-refractivity contribution is 0.0908. The molecule has 0 aromatic carbocycles. The largest absolute Gasteiger partial charge is 0.438 e. The molecule has 1 aromatic heterocycles. The summed E-state index contributed by atoms with van der Waals surface area (Å²) in [7, 11) is 0. The zero-order chi connectivity index (χ0) is 11.5. The minimum absolute atomic E-state index is 0.117. The van der Waals surface area contributed by atoms with E-state index in [1.807, 2.05) is 13.8 Å². The van der Waals surface area contributed by atoms with Crippen LogP contribution >= 0.6 is 0 Å². The Hall–Kier alpha value is -1.32. The van der Waals surface area contributed by atoms with Crippen molar-refractivity contribution in [2.24, 2.45) is 0 Å². The van der Waals surface area contributed by atoms with Crippen molar-refractivity contribution < 1.29 is 9.21 Å². The zero-order valence-electron chi connectivity index (χ0n) is 9.82. The minimum atomic E-state index is -0.117. The van der Waals surface area contributed by atoms with Crippen LogP contribution in [-0.2, 0) is 0 Å². The first-order valence-corrected chi connectivity index (χ1v) is 5.92. The summed E-state index contributed by atoms with van der Waals surface area (Å²) < 4.78 is 5.17. The van der Waals surface area contributed by atoms with Gasteiger partial charge in [-0.05, 0) is 18.8 Å². The predicted octanol–water partition coefficient (Wildman–Crippen LogP) is 2.47. The summed E-state index contributed by atoms with van der Waals surface area (Å²) in [6.07, 6.45) is 5.92. The van der Waals surface area contributed by atoms with E-state index in [4.69, 9.17) is 4.42 Å². The summed E-state index contributed by atoms with van der Waals surface area (Å²) in [6.45, 7) is 4.01. The smallest absolute Gasteiger partial charge is 0.289 e. The molecule has 4 nitrogen and oxygen atoms in total. The van der Waals surface area contributed by atoms with Crippen LogP contribution in [0.25, 0.3) is 0 Å². The molecule has 0 unspecified atom stereocenters. The van der Waals surface area contributed by atoms with Crippen LogP contribution < -0.4 is 5.32 Å². The average molecular weight is 222 g/mol. The van der Waals surface area contributed by atoms with Crippen molar-refractivity contribution in [3.63, 3.8) is 0 Å². The van der Waals surface area contributed by atoms with Crippen LogP contribution in [0.3, 0.4) is 0 Å². The van der Waals surface area contributed by atoms with Gasteiger partial charge in [0.1, 0.15) is 0 Å². The van der Waals surface area contributed by atoms with E-state index in [1.54, 1.807) is 0 Å². The highest BCUT2D eigenvalue weighted by molar-refractivity contribution is 5.92. The number of oxazole rings is 1. The molecule has 1 aliphatic carbocycles. The molecule has 88 valence electrons. The first-order valence-electron chi connectivity index (χ1n) is 5.92. The standard InChI is InChI=1S/C12H18N2O2/c1-8(2)10-11(16-7-13-10)12(15)14-9-5-3-4-6-9/h7-9H,3-6H2,1-2H3,(H,14,15). The van der Waals surface area contributed by atoms with Gasteiger partial charge in [-0.2, -0.15) is 0 Å². The van der Waals surface area contributed by atoms with Gasteiger partial charge in [0, 0.05) is 6.04 Å². The number of hydrogen-bond donors (Lipinski definition) is 1. The van der Waals surface area contributed by atoms with E-state index in [-0.39, 0.29) is 11.8 Å². The third kappa shape index (κ3) is 2.26. The molecule has 0 aliphatic heterocycles. The predicted molar refractivity (Wildman–Crippen MR) is 60.3 cm³/mol. The second kappa shape index (κ2) is 4.68. The maximum atomic E-state index is 11.9. The number of rotatable bonds is 3. The van der Waals surface area contributed by atoms with Gasteiger partial charge in [0.05, 0.1) is 5.69 Å². The van der Waals surface area contributed by atoms with Gasteiger partial charge in [-0.15, -0.1) is 0 Å². The Morgan fingerprint density at radius 1 is 1.50 bits per heavy atom. The van der Waals surface area contributed by atoms with Crippen molar-refractivity contribution >= 4 is 5.91 Å². The first kappa shape index (κ1) is 11.2. The molecule has 1 aromatic rings. The van der Waals surface area contributed by atoms with Gasteiger partial charge in [-0.1, -0.05) is 26.7 Å². The molecule has 0 spiro atoms. The van der Waals surface area contributed by atoms with Crippen LogP contribution in [0.5, 0.6) is 0 Å². The molecule has 1 heterocycles. The SMILES string of the molecule is CC(C)c1ncoc1C(=O)NC1CCCC1. The van der Waals surface area contributed by atoms with Crippen molar-refractivity contribution in [2.45, 2.75) is 51.5 Å². The number of aromatic nitrogens is 1. The van der Waals surface area contributed by atoms with E-state index in [1.165, 1.54) is 19.2 Å². The van der Waals surface area contributed by atoms with Crippen LogP contribution in [0.4, 0.5) is 0 Å². The highest BCUT2D eigenvalue weighted by atomic mass is 16.3. The van der Waals surface area contributed by atoms with Gasteiger partial charge in [0.15, 0.2) is 6.39 Å².